The van der Waals surface area contributed by atoms with E-state index >= 15 is 0 Å². The van der Waals surface area contributed by atoms with Crippen molar-refractivity contribution < 1.29 is 9.26 Å². The lowest BCUT2D eigenvalue weighted by molar-refractivity contribution is -0.0386. The van der Waals surface area contributed by atoms with E-state index in [0.717, 1.165) is 24.7 Å². The van der Waals surface area contributed by atoms with Gasteiger partial charge in [-0.15, -0.1) is 5.10 Å². The lowest BCUT2D eigenvalue weighted by Crippen LogP contribution is -2.46. The molecular weight excluding hydrogens is 308 g/mol. The summed E-state index contributed by atoms with van der Waals surface area (Å²) in [6.45, 7) is 5.18. The number of aromatic nitrogens is 4. The van der Waals surface area contributed by atoms with Crippen molar-refractivity contribution in [3.05, 3.63) is 30.0 Å². The molecule has 24 heavy (non-hydrogen) atoms. The molecule has 0 bridgehead atoms. The van der Waals surface area contributed by atoms with Gasteiger partial charge < -0.3 is 14.6 Å². The van der Waals surface area contributed by atoms with Crippen molar-refractivity contribution in [2.24, 2.45) is 0 Å². The second-order valence-corrected chi connectivity index (χ2v) is 6.42. The fourth-order valence-electron chi connectivity index (χ4n) is 2.91. The smallest absolute Gasteiger partial charge is 0.243 e. The second kappa shape index (κ2) is 6.82. The molecule has 0 aromatic carbocycles. The normalized spacial score (nSPS) is 23.1. The van der Waals surface area contributed by atoms with Crippen LogP contribution in [0.1, 0.15) is 43.4 Å². The van der Waals surface area contributed by atoms with Gasteiger partial charge in [0.25, 0.3) is 0 Å². The van der Waals surface area contributed by atoms with E-state index in [0.29, 0.717) is 25.0 Å². The first-order chi connectivity index (χ1) is 11.8. The van der Waals surface area contributed by atoms with E-state index in [2.05, 4.69) is 37.5 Å². The van der Waals surface area contributed by atoms with Crippen molar-refractivity contribution in [1.29, 1.82) is 0 Å². The number of nitrogens with zero attached hydrogens (tertiary/aromatic N) is 5. The van der Waals surface area contributed by atoms with E-state index in [-0.39, 0.29) is 12.1 Å². The van der Waals surface area contributed by atoms with Crippen LogP contribution in [0.3, 0.4) is 0 Å². The Morgan fingerprint density at radius 1 is 1.42 bits per heavy atom. The molecule has 2 unspecified atom stereocenters. The van der Waals surface area contributed by atoms with E-state index in [1.54, 1.807) is 6.20 Å². The Kier molecular flexibility index (Phi) is 4.40. The summed E-state index contributed by atoms with van der Waals surface area (Å²) in [6, 6.07) is 3.86. The summed E-state index contributed by atoms with van der Waals surface area (Å²) in [6.07, 6.45) is 4.11. The van der Waals surface area contributed by atoms with Crippen molar-refractivity contribution in [3.63, 3.8) is 0 Å². The van der Waals surface area contributed by atoms with Crippen LogP contribution in [-0.2, 0) is 4.74 Å². The van der Waals surface area contributed by atoms with Gasteiger partial charge in [0.1, 0.15) is 5.82 Å². The quantitative estimate of drug-likeness (QED) is 0.854. The van der Waals surface area contributed by atoms with Crippen LogP contribution in [0.5, 0.6) is 0 Å². The fourth-order valence-corrected chi connectivity index (χ4v) is 2.91. The van der Waals surface area contributed by atoms with Gasteiger partial charge in [0.2, 0.25) is 5.89 Å². The predicted octanol–water partition coefficient (Wildman–Crippen LogP) is 1.61. The number of rotatable bonds is 6. The highest BCUT2D eigenvalue weighted by Gasteiger charge is 2.32. The van der Waals surface area contributed by atoms with Gasteiger partial charge in [-0.3, -0.25) is 4.90 Å². The Morgan fingerprint density at radius 2 is 2.33 bits per heavy atom. The molecule has 8 nitrogen and oxygen atoms in total. The molecule has 0 spiro atoms. The molecule has 1 aliphatic carbocycles. The van der Waals surface area contributed by atoms with E-state index in [9.17, 15) is 0 Å². The van der Waals surface area contributed by atoms with Gasteiger partial charge in [-0.2, -0.15) is 10.1 Å². The van der Waals surface area contributed by atoms with E-state index in [4.69, 9.17) is 9.26 Å². The van der Waals surface area contributed by atoms with Crippen LogP contribution in [0, 0.1) is 0 Å². The van der Waals surface area contributed by atoms with Crippen LogP contribution < -0.4 is 5.32 Å². The maximum Gasteiger partial charge on any atom is 0.243 e. The highest BCUT2D eigenvalue weighted by atomic mass is 16.5. The van der Waals surface area contributed by atoms with E-state index < -0.39 is 0 Å². The van der Waals surface area contributed by atoms with Gasteiger partial charge in [-0.25, -0.2) is 0 Å². The summed E-state index contributed by atoms with van der Waals surface area (Å²) < 4.78 is 11.3. The Morgan fingerprint density at radius 3 is 3.12 bits per heavy atom. The molecular formula is C16H22N6O2. The third-order valence-corrected chi connectivity index (χ3v) is 4.56. The average Bonchev–Trinajstić information content (AvgIpc) is 3.37. The van der Waals surface area contributed by atoms with Gasteiger partial charge >= 0.3 is 0 Å². The molecule has 2 aromatic heterocycles. The molecule has 2 atom stereocenters. The maximum atomic E-state index is 5.85. The molecule has 8 heteroatoms. The second-order valence-electron chi connectivity index (χ2n) is 6.42. The Hall–Kier alpha value is -2.06. The maximum absolute atomic E-state index is 5.85. The third-order valence-electron chi connectivity index (χ3n) is 4.56. The third kappa shape index (κ3) is 3.54. The Balaban J connectivity index is 1.33. The lowest BCUT2D eigenvalue weighted by Gasteiger charge is -2.35. The first-order valence-corrected chi connectivity index (χ1v) is 8.50. The van der Waals surface area contributed by atoms with Crippen LogP contribution in [0.25, 0.3) is 0 Å². The molecule has 128 valence electrons. The van der Waals surface area contributed by atoms with Crippen molar-refractivity contribution in [1.82, 2.24) is 25.2 Å². The van der Waals surface area contributed by atoms with Gasteiger partial charge in [-0.05, 0) is 31.9 Å². The molecule has 4 rings (SSSR count). The molecule has 1 saturated carbocycles. The number of hydrogen-bond acceptors (Lipinski definition) is 8. The van der Waals surface area contributed by atoms with Crippen molar-refractivity contribution in [2.75, 3.05) is 31.6 Å². The highest BCUT2D eigenvalue weighted by Crippen LogP contribution is 2.38. The first-order valence-electron chi connectivity index (χ1n) is 8.50. The number of anilines is 1. The molecule has 1 aliphatic heterocycles. The van der Waals surface area contributed by atoms with Crippen LogP contribution in [0.4, 0.5) is 5.82 Å². The SMILES string of the molecule is CC(c1nc(C2CC2)no1)N1CCOC(CNc2cccnn2)C1. The first kappa shape index (κ1) is 15.5. The zero-order chi connectivity index (χ0) is 16.4. The van der Waals surface area contributed by atoms with Crippen molar-refractivity contribution >= 4 is 5.82 Å². The summed E-state index contributed by atoms with van der Waals surface area (Å²) >= 11 is 0. The molecule has 0 amide bonds. The standard InChI is InChI=1S/C16H22N6O2/c1-11(16-19-15(21-24-16)12-4-5-12)22-7-8-23-13(10-22)9-17-14-3-2-6-18-20-14/h2-3,6,11-13H,4-5,7-10H2,1H3,(H,17,20). The molecule has 2 aromatic rings. The monoisotopic (exact) mass is 330 g/mol. The summed E-state index contributed by atoms with van der Waals surface area (Å²) in [5.41, 5.74) is 0. The highest BCUT2D eigenvalue weighted by molar-refractivity contribution is 5.31. The molecule has 2 aliphatic rings. The van der Waals surface area contributed by atoms with E-state index in [1.165, 1.54) is 12.8 Å². The number of morpholine rings is 1. The summed E-state index contributed by atoms with van der Waals surface area (Å²) in [5, 5.41) is 15.3. The molecule has 1 saturated heterocycles. The molecule has 3 heterocycles. The van der Waals surface area contributed by atoms with Gasteiger partial charge in [-0.1, -0.05) is 5.16 Å². The average molecular weight is 330 g/mol. The molecule has 0 radical (unpaired) electrons. The van der Waals surface area contributed by atoms with Crippen molar-refractivity contribution in [2.45, 2.75) is 37.8 Å². The molecule has 2 fully saturated rings. The Labute approximate surface area is 140 Å². The zero-order valence-corrected chi connectivity index (χ0v) is 13.8. The van der Waals surface area contributed by atoms with Gasteiger partial charge in [0.05, 0.1) is 18.8 Å². The number of ether oxygens (including phenoxy) is 1. The number of nitrogens with one attached hydrogen (secondary N) is 1. The minimum absolute atomic E-state index is 0.0917. The van der Waals surface area contributed by atoms with E-state index in [1.807, 2.05) is 12.1 Å². The van der Waals surface area contributed by atoms with Crippen LogP contribution in [0.15, 0.2) is 22.9 Å². The zero-order valence-electron chi connectivity index (χ0n) is 13.8. The van der Waals surface area contributed by atoms with Crippen LogP contribution in [0.2, 0.25) is 0 Å². The summed E-state index contributed by atoms with van der Waals surface area (Å²) in [5.74, 6) is 2.85. The summed E-state index contributed by atoms with van der Waals surface area (Å²) in [7, 11) is 0. The minimum atomic E-state index is 0.0917. The topological polar surface area (TPSA) is 89.2 Å². The van der Waals surface area contributed by atoms with Crippen LogP contribution in [-0.4, -0.2) is 57.6 Å². The van der Waals surface area contributed by atoms with Crippen molar-refractivity contribution in [3.8, 4) is 0 Å². The van der Waals surface area contributed by atoms with Crippen LogP contribution >= 0.6 is 0 Å². The predicted molar refractivity (Wildman–Crippen MR) is 86.5 cm³/mol. The lowest BCUT2D eigenvalue weighted by atomic mass is 10.2. The van der Waals surface area contributed by atoms with Gasteiger partial charge in [0, 0.05) is 31.7 Å². The minimum Gasteiger partial charge on any atom is -0.374 e. The number of hydrogen-bond donors (Lipinski definition) is 1. The Bertz CT molecular complexity index is 660. The summed E-state index contributed by atoms with van der Waals surface area (Å²) in [4.78, 5) is 6.90. The largest absolute Gasteiger partial charge is 0.374 e. The fraction of sp³-hybridized carbons (Fsp3) is 0.625. The molecule has 1 N–H and O–H groups in total. The van der Waals surface area contributed by atoms with Gasteiger partial charge in [0.15, 0.2) is 5.82 Å².